The van der Waals surface area contributed by atoms with Gasteiger partial charge in [0, 0.05) is 31.1 Å². The Balaban J connectivity index is 1.88. The Morgan fingerprint density at radius 2 is 2.07 bits per heavy atom. The molecule has 0 bridgehead atoms. The fraction of sp³-hybridized carbons (Fsp3) is 0.571. The van der Waals surface area contributed by atoms with E-state index in [0.717, 1.165) is 24.8 Å². The molecule has 0 radical (unpaired) electrons. The van der Waals surface area contributed by atoms with E-state index in [1.807, 2.05) is 13.0 Å². The molecule has 1 heterocycles. The highest BCUT2D eigenvalue weighted by atomic mass is 19.1. The lowest BCUT2D eigenvalue weighted by Gasteiger charge is -2.37. The standard InChI is InChI=1S/C21H28FNO4/c1-2-26-21-17(7-4-12-24)18(14-8-10-15(22)11-9-14)13-19(27-21)20(25)23-16-5-3-6-16/h8-11,13,16-18,21,24H,2-7,12H2,1H3,(H,23,25)/t17-,18-,21-/m1/s1. The number of ether oxygens (including phenoxy) is 2. The first-order chi connectivity index (χ1) is 13.1. The van der Waals surface area contributed by atoms with E-state index in [1.165, 1.54) is 12.1 Å². The third-order valence-corrected chi connectivity index (χ3v) is 5.33. The minimum Gasteiger partial charge on any atom is -0.459 e. The van der Waals surface area contributed by atoms with Gasteiger partial charge in [-0.1, -0.05) is 12.1 Å². The number of nitrogens with one attached hydrogen (secondary N) is 1. The smallest absolute Gasteiger partial charge is 0.286 e. The summed E-state index contributed by atoms with van der Waals surface area (Å²) in [5, 5.41) is 12.3. The van der Waals surface area contributed by atoms with Crippen molar-refractivity contribution < 1.29 is 23.8 Å². The van der Waals surface area contributed by atoms with Crippen molar-refractivity contribution >= 4 is 5.91 Å². The molecule has 0 aromatic heterocycles. The second kappa shape index (κ2) is 9.33. The first-order valence-electron chi connectivity index (χ1n) is 9.79. The van der Waals surface area contributed by atoms with Crippen molar-refractivity contribution in [3.8, 4) is 0 Å². The molecule has 1 aromatic carbocycles. The number of amides is 1. The highest BCUT2D eigenvalue weighted by molar-refractivity contribution is 5.92. The number of hydrogen-bond donors (Lipinski definition) is 2. The lowest BCUT2D eigenvalue weighted by atomic mass is 9.80. The van der Waals surface area contributed by atoms with E-state index in [9.17, 15) is 14.3 Å². The molecule has 1 aliphatic carbocycles. The van der Waals surface area contributed by atoms with E-state index < -0.39 is 6.29 Å². The van der Waals surface area contributed by atoms with Gasteiger partial charge in [0.25, 0.3) is 5.91 Å². The predicted molar refractivity (Wildman–Crippen MR) is 99.3 cm³/mol. The summed E-state index contributed by atoms with van der Waals surface area (Å²) < 4.78 is 25.1. The molecular formula is C21H28FNO4. The van der Waals surface area contributed by atoms with Crippen molar-refractivity contribution in [1.82, 2.24) is 5.32 Å². The fourth-order valence-electron chi connectivity index (χ4n) is 3.64. The molecule has 1 aromatic rings. The van der Waals surface area contributed by atoms with Gasteiger partial charge in [0.05, 0.1) is 0 Å². The van der Waals surface area contributed by atoms with Crippen LogP contribution in [0.2, 0.25) is 0 Å². The van der Waals surface area contributed by atoms with Crippen LogP contribution in [-0.4, -0.2) is 36.6 Å². The summed E-state index contributed by atoms with van der Waals surface area (Å²) in [6.45, 7) is 2.41. The normalized spacial score (nSPS) is 25.3. The molecule has 2 aliphatic rings. The first-order valence-corrected chi connectivity index (χ1v) is 9.79. The van der Waals surface area contributed by atoms with Crippen molar-refractivity contribution in [3.63, 3.8) is 0 Å². The number of rotatable bonds is 8. The van der Waals surface area contributed by atoms with Crippen molar-refractivity contribution in [1.29, 1.82) is 0 Å². The molecular weight excluding hydrogens is 349 g/mol. The molecule has 3 rings (SSSR count). The summed E-state index contributed by atoms with van der Waals surface area (Å²) in [6.07, 6.45) is 5.64. The molecule has 5 nitrogen and oxygen atoms in total. The molecule has 1 amide bonds. The quantitative estimate of drug-likeness (QED) is 0.730. The maximum absolute atomic E-state index is 13.4. The van der Waals surface area contributed by atoms with Gasteiger partial charge < -0.3 is 19.9 Å². The average Bonchev–Trinajstić information content (AvgIpc) is 2.64. The summed E-state index contributed by atoms with van der Waals surface area (Å²) in [5.41, 5.74) is 0.904. The van der Waals surface area contributed by atoms with Gasteiger partial charge in [0.2, 0.25) is 6.29 Å². The van der Waals surface area contributed by atoms with E-state index in [4.69, 9.17) is 9.47 Å². The third kappa shape index (κ3) is 4.87. The number of halogens is 1. The van der Waals surface area contributed by atoms with Gasteiger partial charge in [0.15, 0.2) is 5.76 Å². The van der Waals surface area contributed by atoms with E-state index in [1.54, 1.807) is 12.1 Å². The van der Waals surface area contributed by atoms with Crippen LogP contribution in [0.1, 0.15) is 50.5 Å². The van der Waals surface area contributed by atoms with Crippen LogP contribution in [0, 0.1) is 11.7 Å². The van der Waals surface area contributed by atoms with E-state index in [0.29, 0.717) is 19.4 Å². The molecule has 0 saturated heterocycles. The van der Waals surface area contributed by atoms with Gasteiger partial charge in [-0.05, 0) is 62.8 Å². The number of carbonyl (C=O) groups excluding carboxylic acids is 1. The summed E-state index contributed by atoms with van der Waals surface area (Å²) in [5.74, 6) is -0.481. The molecule has 3 atom stereocenters. The highest BCUT2D eigenvalue weighted by Crippen LogP contribution is 2.39. The Morgan fingerprint density at radius 3 is 2.67 bits per heavy atom. The van der Waals surface area contributed by atoms with Gasteiger partial charge in [-0.25, -0.2) is 4.39 Å². The number of aliphatic hydroxyl groups excluding tert-OH is 1. The molecule has 1 fully saturated rings. The molecule has 0 unspecified atom stereocenters. The lowest BCUT2D eigenvalue weighted by molar-refractivity contribution is -0.167. The monoisotopic (exact) mass is 377 g/mol. The van der Waals surface area contributed by atoms with Gasteiger partial charge in [-0.3, -0.25) is 4.79 Å². The van der Waals surface area contributed by atoms with Crippen LogP contribution in [0.3, 0.4) is 0 Å². The predicted octanol–water partition coefficient (Wildman–Crippen LogP) is 3.24. The van der Waals surface area contributed by atoms with Crippen molar-refractivity contribution in [3.05, 3.63) is 47.5 Å². The van der Waals surface area contributed by atoms with Crippen molar-refractivity contribution in [2.24, 2.45) is 5.92 Å². The highest BCUT2D eigenvalue weighted by Gasteiger charge is 2.38. The molecule has 0 spiro atoms. The summed E-state index contributed by atoms with van der Waals surface area (Å²) >= 11 is 0. The number of aliphatic hydroxyl groups is 1. The first kappa shape index (κ1) is 19.8. The van der Waals surface area contributed by atoms with Crippen LogP contribution in [0.5, 0.6) is 0 Å². The van der Waals surface area contributed by atoms with Crippen LogP contribution in [0.15, 0.2) is 36.1 Å². The van der Waals surface area contributed by atoms with Crippen LogP contribution in [0.4, 0.5) is 4.39 Å². The zero-order valence-corrected chi connectivity index (χ0v) is 15.7. The minimum atomic E-state index is -0.580. The fourth-order valence-corrected chi connectivity index (χ4v) is 3.64. The SMILES string of the molecule is CCO[C@@H]1OC(C(=O)NC2CCC2)=C[C@H](c2ccc(F)cc2)[C@H]1CCCO. The molecule has 6 heteroatoms. The maximum atomic E-state index is 13.4. The van der Waals surface area contributed by atoms with Gasteiger partial charge >= 0.3 is 0 Å². The van der Waals surface area contributed by atoms with Crippen LogP contribution < -0.4 is 5.32 Å². The van der Waals surface area contributed by atoms with Crippen LogP contribution in [-0.2, 0) is 14.3 Å². The Bertz CT molecular complexity index is 657. The molecule has 148 valence electrons. The number of allylic oxidation sites excluding steroid dienone is 1. The van der Waals surface area contributed by atoms with Gasteiger partial charge in [-0.15, -0.1) is 0 Å². The van der Waals surface area contributed by atoms with Gasteiger partial charge in [-0.2, -0.15) is 0 Å². The Morgan fingerprint density at radius 1 is 1.33 bits per heavy atom. The lowest BCUT2D eigenvalue weighted by Crippen LogP contribution is -2.43. The molecule has 1 saturated carbocycles. The van der Waals surface area contributed by atoms with Crippen LogP contribution in [0.25, 0.3) is 0 Å². The van der Waals surface area contributed by atoms with E-state index >= 15 is 0 Å². The van der Waals surface area contributed by atoms with Crippen molar-refractivity contribution in [2.75, 3.05) is 13.2 Å². The summed E-state index contributed by atoms with van der Waals surface area (Å²) in [4.78, 5) is 12.6. The Labute approximate surface area is 159 Å². The van der Waals surface area contributed by atoms with E-state index in [-0.39, 0.29) is 42.0 Å². The van der Waals surface area contributed by atoms with Crippen LogP contribution >= 0.6 is 0 Å². The minimum absolute atomic E-state index is 0.0668. The summed E-state index contributed by atoms with van der Waals surface area (Å²) in [7, 11) is 0. The zero-order valence-electron chi connectivity index (χ0n) is 15.7. The number of carbonyl (C=O) groups is 1. The summed E-state index contributed by atoms with van der Waals surface area (Å²) in [6, 6.07) is 6.52. The topological polar surface area (TPSA) is 67.8 Å². The Hall–Kier alpha value is -1.92. The maximum Gasteiger partial charge on any atom is 0.286 e. The Kier molecular flexibility index (Phi) is 6.85. The third-order valence-electron chi connectivity index (χ3n) is 5.33. The molecule has 27 heavy (non-hydrogen) atoms. The number of benzene rings is 1. The second-order valence-electron chi connectivity index (χ2n) is 7.18. The molecule has 1 aliphatic heterocycles. The average molecular weight is 377 g/mol. The van der Waals surface area contributed by atoms with Crippen molar-refractivity contribution in [2.45, 2.75) is 57.3 Å². The second-order valence-corrected chi connectivity index (χ2v) is 7.18. The largest absolute Gasteiger partial charge is 0.459 e. The van der Waals surface area contributed by atoms with Gasteiger partial charge in [0.1, 0.15) is 5.82 Å². The number of hydrogen-bond acceptors (Lipinski definition) is 4. The van der Waals surface area contributed by atoms with E-state index in [2.05, 4.69) is 5.32 Å². The molecule has 2 N–H and O–H groups in total. The zero-order chi connectivity index (χ0) is 19.2.